The van der Waals surface area contributed by atoms with Crippen LogP contribution in [0.5, 0.6) is 11.5 Å². The number of methoxy groups -OCH3 is 2. The van der Waals surface area contributed by atoms with Crippen molar-refractivity contribution in [3.8, 4) is 11.5 Å². The number of benzene rings is 1. The van der Waals surface area contributed by atoms with Crippen LogP contribution in [0.15, 0.2) is 41.2 Å². The smallest absolute Gasteiger partial charge is 0.124 e. The van der Waals surface area contributed by atoms with Crippen molar-refractivity contribution in [1.29, 1.82) is 0 Å². The van der Waals surface area contributed by atoms with Gasteiger partial charge in [0.2, 0.25) is 0 Å². The third-order valence-electron chi connectivity index (χ3n) is 3.04. The molecule has 0 aliphatic rings. The molecule has 0 aliphatic carbocycles. The molecule has 2 aromatic rings. The van der Waals surface area contributed by atoms with Gasteiger partial charge in [0.1, 0.15) is 11.5 Å². The van der Waals surface area contributed by atoms with E-state index >= 15 is 0 Å². The van der Waals surface area contributed by atoms with Gasteiger partial charge in [0.05, 0.1) is 32.8 Å². The summed E-state index contributed by atoms with van der Waals surface area (Å²) in [5.74, 6) is 1.33. The molecule has 20 heavy (non-hydrogen) atoms. The Morgan fingerprint density at radius 2 is 2.10 bits per heavy atom. The van der Waals surface area contributed by atoms with Crippen molar-refractivity contribution in [2.75, 3.05) is 20.8 Å². The molecule has 0 saturated carbocycles. The number of furan rings is 1. The molecule has 0 aliphatic heterocycles. The first-order chi connectivity index (χ1) is 9.74. The van der Waals surface area contributed by atoms with Crippen LogP contribution in [-0.2, 0) is 6.54 Å². The van der Waals surface area contributed by atoms with Gasteiger partial charge in [-0.25, -0.2) is 0 Å². The minimum atomic E-state index is -0.674. The third-order valence-corrected chi connectivity index (χ3v) is 3.04. The van der Waals surface area contributed by atoms with E-state index in [9.17, 15) is 5.11 Å². The van der Waals surface area contributed by atoms with Gasteiger partial charge in [0, 0.05) is 24.2 Å². The summed E-state index contributed by atoms with van der Waals surface area (Å²) in [5.41, 5.74) is 1.74. The molecule has 5 nitrogen and oxygen atoms in total. The van der Waals surface area contributed by atoms with Crippen LogP contribution >= 0.6 is 0 Å². The molecule has 5 heteroatoms. The van der Waals surface area contributed by atoms with Gasteiger partial charge in [0.15, 0.2) is 0 Å². The van der Waals surface area contributed by atoms with Crippen molar-refractivity contribution in [3.05, 3.63) is 47.9 Å². The zero-order chi connectivity index (χ0) is 14.4. The molecule has 1 aromatic carbocycles. The summed E-state index contributed by atoms with van der Waals surface area (Å²) < 4.78 is 15.4. The highest BCUT2D eigenvalue weighted by Gasteiger charge is 2.14. The Morgan fingerprint density at radius 3 is 2.75 bits per heavy atom. The van der Waals surface area contributed by atoms with Crippen LogP contribution in [0.4, 0.5) is 0 Å². The Bertz CT molecular complexity index is 525. The van der Waals surface area contributed by atoms with E-state index in [-0.39, 0.29) is 0 Å². The van der Waals surface area contributed by atoms with Crippen molar-refractivity contribution < 1.29 is 19.0 Å². The van der Waals surface area contributed by atoms with Gasteiger partial charge in [0.25, 0.3) is 0 Å². The Morgan fingerprint density at radius 1 is 1.25 bits per heavy atom. The monoisotopic (exact) mass is 277 g/mol. The van der Waals surface area contributed by atoms with Gasteiger partial charge in [-0.1, -0.05) is 0 Å². The Kier molecular flexibility index (Phi) is 5.03. The quantitative estimate of drug-likeness (QED) is 0.811. The van der Waals surface area contributed by atoms with E-state index in [2.05, 4.69) is 5.32 Å². The number of hydrogen-bond acceptors (Lipinski definition) is 5. The molecule has 2 N–H and O–H groups in total. The van der Waals surface area contributed by atoms with Crippen LogP contribution in [0, 0.1) is 0 Å². The molecule has 0 radical (unpaired) electrons. The Hall–Kier alpha value is -1.98. The molecule has 0 bridgehead atoms. The summed E-state index contributed by atoms with van der Waals surface area (Å²) in [7, 11) is 3.17. The second-order valence-corrected chi connectivity index (χ2v) is 4.39. The zero-order valence-electron chi connectivity index (χ0n) is 11.6. The van der Waals surface area contributed by atoms with Crippen LogP contribution < -0.4 is 14.8 Å². The van der Waals surface area contributed by atoms with E-state index < -0.39 is 6.10 Å². The maximum Gasteiger partial charge on any atom is 0.124 e. The first-order valence-electron chi connectivity index (χ1n) is 6.36. The van der Waals surface area contributed by atoms with Crippen LogP contribution in [0.1, 0.15) is 17.2 Å². The van der Waals surface area contributed by atoms with Crippen molar-refractivity contribution in [2.45, 2.75) is 12.6 Å². The zero-order valence-corrected chi connectivity index (χ0v) is 11.6. The number of aliphatic hydroxyl groups is 1. The fourth-order valence-corrected chi connectivity index (χ4v) is 1.96. The first-order valence-corrected chi connectivity index (χ1v) is 6.36. The number of aliphatic hydroxyl groups excluding tert-OH is 1. The second-order valence-electron chi connectivity index (χ2n) is 4.39. The number of rotatable bonds is 7. The fourth-order valence-electron chi connectivity index (χ4n) is 1.96. The number of ether oxygens (including phenoxy) is 2. The molecule has 0 fully saturated rings. The maximum atomic E-state index is 10.3. The van der Waals surface area contributed by atoms with Crippen LogP contribution in [0.25, 0.3) is 0 Å². The summed E-state index contributed by atoms with van der Waals surface area (Å²) in [6.07, 6.45) is 2.62. The number of hydrogen-bond donors (Lipinski definition) is 2. The Balaban J connectivity index is 1.98. The lowest BCUT2D eigenvalue weighted by Gasteiger charge is -2.16. The van der Waals surface area contributed by atoms with E-state index in [0.717, 1.165) is 5.56 Å². The van der Waals surface area contributed by atoms with Crippen molar-refractivity contribution in [2.24, 2.45) is 0 Å². The molecule has 1 unspecified atom stereocenters. The van der Waals surface area contributed by atoms with Crippen LogP contribution in [-0.4, -0.2) is 25.9 Å². The summed E-state index contributed by atoms with van der Waals surface area (Å²) >= 11 is 0. The molecule has 0 spiro atoms. The highest BCUT2D eigenvalue weighted by Crippen LogP contribution is 2.29. The molecule has 0 amide bonds. The molecule has 2 rings (SSSR count). The van der Waals surface area contributed by atoms with Crippen molar-refractivity contribution in [3.63, 3.8) is 0 Å². The highest BCUT2D eigenvalue weighted by molar-refractivity contribution is 5.41. The lowest BCUT2D eigenvalue weighted by atomic mass is 10.1. The van der Waals surface area contributed by atoms with E-state index in [1.165, 1.54) is 0 Å². The Labute approximate surface area is 118 Å². The molecule has 1 atom stereocenters. The third kappa shape index (κ3) is 3.53. The van der Waals surface area contributed by atoms with E-state index in [1.54, 1.807) is 44.9 Å². The molecule has 1 aromatic heterocycles. The van der Waals surface area contributed by atoms with Gasteiger partial charge in [-0.2, -0.15) is 0 Å². The fraction of sp³-hybridized carbons (Fsp3) is 0.333. The molecular formula is C15H19NO4. The molecule has 1 heterocycles. The number of nitrogens with one attached hydrogen (secondary N) is 1. The van der Waals surface area contributed by atoms with Gasteiger partial charge >= 0.3 is 0 Å². The summed E-state index contributed by atoms with van der Waals surface area (Å²) in [5, 5.41) is 13.4. The minimum Gasteiger partial charge on any atom is -0.497 e. The maximum absolute atomic E-state index is 10.3. The predicted octanol–water partition coefficient (Wildman–Crippen LogP) is 2.12. The van der Waals surface area contributed by atoms with Gasteiger partial charge in [-0.15, -0.1) is 0 Å². The predicted molar refractivity (Wildman–Crippen MR) is 74.9 cm³/mol. The van der Waals surface area contributed by atoms with Gasteiger partial charge < -0.3 is 24.3 Å². The first kappa shape index (κ1) is 14.4. The van der Waals surface area contributed by atoms with Crippen molar-refractivity contribution in [1.82, 2.24) is 5.32 Å². The normalized spacial score (nSPS) is 12.2. The summed E-state index contributed by atoms with van der Waals surface area (Å²) in [6, 6.07) is 7.25. The average molecular weight is 277 g/mol. The topological polar surface area (TPSA) is 63.9 Å². The molecule has 0 saturated heterocycles. The van der Waals surface area contributed by atoms with E-state index in [1.807, 2.05) is 6.07 Å². The lowest BCUT2D eigenvalue weighted by molar-refractivity contribution is 0.169. The van der Waals surface area contributed by atoms with Gasteiger partial charge in [-0.3, -0.25) is 0 Å². The van der Waals surface area contributed by atoms with Crippen LogP contribution in [0.2, 0.25) is 0 Å². The SMILES string of the molecule is COc1ccc(OC)c(C(O)CNCc2ccoc2)c1. The summed E-state index contributed by atoms with van der Waals surface area (Å²) in [6.45, 7) is 1.05. The van der Waals surface area contributed by atoms with Crippen LogP contribution in [0.3, 0.4) is 0 Å². The van der Waals surface area contributed by atoms with E-state index in [4.69, 9.17) is 13.9 Å². The van der Waals surface area contributed by atoms with E-state index in [0.29, 0.717) is 30.2 Å². The second kappa shape index (κ2) is 6.98. The molecule has 108 valence electrons. The van der Waals surface area contributed by atoms with Crippen molar-refractivity contribution >= 4 is 0 Å². The standard InChI is InChI=1S/C15H19NO4/c1-18-12-3-4-15(19-2)13(7-12)14(17)9-16-8-11-5-6-20-10-11/h3-7,10,14,16-17H,8-9H2,1-2H3. The van der Waals surface area contributed by atoms with Gasteiger partial charge in [-0.05, 0) is 24.3 Å². The lowest BCUT2D eigenvalue weighted by Crippen LogP contribution is -2.21. The average Bonchev–Trinajstić information content (AvgIpc) is 2.99. The molecular weight excluding hydrogens is 258 g/mol. The summed E-state index contributed by atoms with van der Waals surface area (Å²) in [4.78, 5) is 0. The highest BCUT2D eigenvalue weighted by atomic mass is 16.5. The minimum absolute atomic E-state index is 0.411. The largest absolute Gasteiger partial charge is 0.497 e.